The maximum Gasteiger partial charge on any atom is 0.433 e. The normalized spacial score (nSPS) is 19.1. The Morgan fingerprint density at radius 2 is 2.09 bits per heavy atom. The number of ether oxygens (including phenoxy) is 1. The van der Waals surface area contributed by atoms with Crippen molar-refractivity contribution in [1.82, 2.24) is 19.8 Å². The number of carbonyl (C=O) groups is 2. The molecular formula is C23H26ClF3N4O3. The summed E-state index contributed by atoms with van der Waals surface area (Å²) in [5.41, 5.74) is 0.548. The van der Waals surface area contributed by atoms with Crippen molar-refractivity contribution in [3.63, 3.8) is 0 Å². The summed E-state index contributed by atoms with van der Waals surface area (Å²) in [6, 6.07) is 3.14. The molecule has 1 fully saturated rings. The number of nitrogens with zero attached hydrogens (tertiary/aromatic N) is 3. The lowest BCUT2D eigenvalue weighted by Gasteiger charge is -2.24. The Labute approximate surface area is 200 Å². The highest BCUT2D eigenvalue weighted by Gasteiger charge is 2.34. The second-order valence-electron chi connectivity index (χ2n) is 8.59. The SMILES string of the molecule is CC[C@@H](NC(=O)c1cc(C(=O)N2CCC[C@@H]2C)n2c1COCC2)c1ccc(C(F)(F)F)nc1Cl. The Bertz CT molecular complexity index is 1100. The molecule has 0 aliphatic carbocycles. The smallest absolute Gasteiger partial charge is 0.373 e. The Hall–Kier alpha value is -2.59. The first kappa shape index (κ1) is 24.5. The van der Waals surface area contributed by atoms with Gasteiger partial charge in [0.05, 0.1) is 30.5 Å². The van der Waals surface area contributed by atoms with Crippen LogP contribution in [0.4, 0.5) is 13.2 Å². The molecule has 0 bridgehead atoms. The number of hydrogen-bond acceptors (Lipinski definition) is 4. The first-order chi connectivity index (χ1) is 16.1. The fourth-order valence-corrected chi connectivity index (χ4v) is 4.86. The molecule has 1 saturated heterocycles. The third kappa shape index (κ3) is 4.65. The molecule has 4 rings (SSSR count). The molecule has 2 aromatic rings. The first-order valence-corrected chi connectivity index (χ1v) is 11.6. The molecule has 2 amide bonds. The van der Waals surface area contributed by atoms with Crippen LogP contribution in [0.1, 0.15) is 76.9 Å². The van der Waals surface area contributed by atoms with Crippen LogP contribution >= 0.6 is 11.6 Å². The van der Waals surface area contributed by atoms with Gasteiger partial charge in [-0.2, -0.15) is 13.2 Å². The van der Waals surface area contributed by atoms with Gasteiger partial charge in [0, 0.05) is 24.7 Å². The first-order valence-electron chi connectivity index (χ1n) is 11.3. The molecule has 11 heteroatoms. The molecule has 2 atom stereocenters. The van der Waals surface area contributed by atoms with Gasteiger partial charge in [0.2, 0.25) is 0 Å². The molecule has 7 nitrogen and oxygen atoms in total. The quantitative estimate of drug-likeness (QED) is 0.612. The number of alkyl halides is 3. The van der Waals surface area contributed by atoms with E-state index in [0.29, 0.717) is 43.1 Å². The molecule has 34 heavy (non-hydrogen) atoms. The van der Waals surface area contributed by atoms with Crippen LogP contribution in [0.3, 0.4) is 0 Å². The number of pyridine rings is 1. The van der Waals surface area contributed by atoms with Gasteiger partial charge >= 0.3 is 6.18 Å². The lowest BCUT2D eigenvalue weighted by atomic mass is 10.1. The monoisotopic (exact) mass is 498 g/mol. The number of carbonyl (C=O) groups excluding carboxylic acids is 2. The van der Waals surface area contributed by atoms with Crippen molar-refractivity contribution in [3.05, 3.63) is 51.6 Å². The maximum absolute atomic E-state index is 13.3. The Kier molecular flexibility index (Phi) is 6.91. The van der Waals surface area contributed by atoms with E-state index in [-0.39, 0.29) is 29.3 Å². The molecule has 0 spiro atoms. The van der Waals surface area contributed by atoms with Gasteiger partial charge in [-0.15, -0.1) is 0 Å². The van der Waals surface area contributed by atoms with Gasteiger partial charge in [-0.1, -0.05) is 24.6 Å². The van der Waals surface area contributed by atoms with Crippen molar-refractivity contribution in [3.8, 4) is 0 Å². The van der Waals surface area contributed by atoms with E-state index in [0.717, 1.165) is 18.9 Å². The van der Waals surface area contributed by atoms with Crippen molar-refractivity contribution < 1.29 is 27.5 Å². The standard InChI is InChI=1S/C23H26ClF3N4O3/c1-3-16(14-6-7-19(23(25,26)27)29-20(14)24)28-21(32)15-11-17(31-9-10-34-12-18(15)31)22(33)30-8-4-5-13(30)2/h6-7,11,13,16H,3-5,8-10,12H2,1-2H3,(H,28,32)/t13-,16+/m0/s1. The van der Waals surface area contributed by atoms with Crippen molar-refractivity contribution in [2.24, 2.45) is 0 Å². The van der Waals surface area contributed by atoms with E-state index in [2.05, 4.69) is 10.3 Å². The summed E-state index contributed by atoms with van der Waals surface area (Å²) in [5.74, 6) is -0.570. The minimum Gasteiger partial charge on any atom is -0.373 e. The van der Waals surface area contributed by atoms with Crippen LogP contribution < -0.4 is 5.32 Å². The van der Waals surface area contributed by atoms with E-state index >= 15 is 0 Å². The van der Waals surface area contributed by atoms with E-state index in [1.807, 2.05) is 16.4 Å². The number of aromatic nitrogens is 2. The molecule has 2 aliphatic rings. The predicted octanol–water partition coefficient (Wildman–Crippen LogP) is 4.59. The lowest BCUT2D eigenvalue weighted by Crippen LogP contribution is -2.35. The third-order valence-corrected chi connectivity index (χ3v) is 6.74. The van der Waals surface area contributed by atoms with Crippen LogP contribution in [0.15, 0.2) is 18.2 Å². The van der Waals surface area contributed by atoms with Gasteiger partial charge in [0.25, 0.3) is 11.8 Å². The second-order valence-corrected chi connectivity index (χ2v) is 8.95. The number of amides is 2. The van der Waals surface area contributed by atoms with Crippen molar-refractivity contribution in [2.45, 2.75) is 64.5 Å². The molecule has 0 aromatic carbocycles. The average Bonchev–Trinajstić information content (AvgIpc) is 3.40. The molecule has 1 N–H and O–H groups in total. The van der Waals surface area contributed by atoms with Crippen molar-refractivity contribution in [1.29, 1.82) is 0 Å². The summed E-state index contributed by atoms with van der Waals surface area (Å²) in [6.07, 6.45) is -2.36. The maximum atomic E-state index is 13.3. The van der Waals surface area contributed by atoms with Gasteiger partial charge in [-0.25, -0.2) is 4.98 Å². The highest BCUT2D eigenvalue weighted by atomic mass is 35.5. The summed E-state index contributed by atoms with van der Waals surface area (Å²) in [4.78, 5) is 31.8. The number of hydrogen-bond donors (Lipinski definition) is 1. The van der Waals surface area contributed by atoms with Crippen LogP contribution in [-0.4, -0.2) is 45.5 Å². The van der Waals surface area contributed by atoms with E-state index < -0.39 is 23.8 Å². The zero-order valence-corrected chi connectivity index (χ0v) is 19.7. The molecule has 0 saturated carbocycles. The van der Waals surface area contributed by atoms with Crippen LogP contribution in [0.5, 0.6) is 0 Å². The summed E-state index contributed by atoms with van der Waals surface area (Å²) in [7, 11) is 0. The summed E-state index contributed by atoms with van der Waals surface area (Å²) in [6.45, 7) is 5.54. The van der Waals surface area contributed by atoms with Gasteiger partial charge in [-0.05, 0) is 38.3 Å². The molecule has 184 valence electrons. The molecule has 4 heterocycles. The number of halogens is 4. The minimum absolute atomic E-state index is 0.116. The van der Waals surface area contributed by atoms with Crippen molar-refractivity contribution in [2.75, 3.05) is 13.2 Å². The highest BCUT2D eigenvalue weighted by Crippen LogP contribution is 2.32. The van der Waals surface area contributed by atoms with Crippen LogP contribution in [0, 0.1) is 0 Å². The molecule has 2 aromatic heterocycles. The molecule has 0 unspecified atom stereocenters. The van der Waals surface area contributed by atoms with Gasteiger partial charge < -0.3 is 19.5 Å². The Morgan fingerprint density at radius 1 is 1.32 bits per heavy atom. The predicted molar refractivity (Wildman–Crippen MR) is 119 cm³/mol. The molecular weight excluding hydrogens is 473 g/mol. The van der Waals surface area contributed by atoms with Gasteiger partial charge in [-0.3, -0.25) is 9.59 Å². The van der Waals surface area contributed by atoms with Crippen LogP contribution in [-0.2, 0) is 24.1 Å². The summed E-state index contributed by atoms with van der Waals surface area (Å²) in [5, 5.41) is 2.52. The third-order valence-electron chi connectivity index (χ3n) is 6.44. The second kappa shape index (κ2) is 9.58. The number of fused-ring (bicyclic) bond motifs is 1. The fraction of sp³-hybridized carbons (Fsp3) is 0.522. The topological polar surface area (TPSA) is 76.5 Å². The Morgan fingerprint density at radius 3 is 2.71 bits per heavy atom. The lowest BCUT2D eigenvalue weighted by molar-refractivity contribution is -0.141. The van der Waals surface area contributed by atoms with E-state index in [1.165, 1.54) is 6.07 Å². The fourth-order valence-electron chi connectivity index (χ4n) is 4.58. The summed E-state index contributed by atoms with van der Waals surface area (Å²) < 4.78 is 46.2. The summed E-state index contributed by atoms with van der Waals surface area (Å²) >= 11 is 6.05. The molecule has 2 aliphatic heterocycles. The van der Waals surface area contributed by atoms with Crippen LogP contribution in [0.25, 0.3) is 0 Å². The van der Waals surface area contributed by atoms with Gasteiger partial charge in [0.15, 0.2) is 0 Å². The zero-order valence-electron chi connectivity index (χ0n) is 18.9. The molecule has 0 radical (unpaired) electrons. The largest absolute Gasteiger partial charge is 0.433 e. The zero-order chi connectivity index (χ0) is 24.6. The number of nitrogens with one attached hydrogen (secondary N) is 1. The Balaban J connectivity index is 1.61. The minimum atomic E-state index is -4.62. The number of rotatable bonds is 5. The van der Waals surface area contributed by atoms with E-state index in [9.17, 15) is 22.8 Å². The van der Waals surface area contributed by atoms with Gasteiger partial charge in [0.1, 0.15) is 16.5 Å². The number of likely N-dealkylation sites (tertiary alicyclic amines) is 1. The average molecular weight is 499 g/mol. The van der Waals surface area contributed by atoms with E-state index in [1.54, 1.807) is 13.0 Å². The highest BCUT2D eigenvalue weighted by molar-refractivity contribution is 6.30. The van der Waals surface area contributed by atoms with Crippen LogP contribution in [0.2, 0.25) is 5.15 Å². The van der Waals surface area contributed by atoms with E-state index in [4.69, 9.17) is 16.3 Å². The van der Waals surface area contributed by atoms with Crippen molar-refractivity contribution >= 4 is 23.4 Å².